The van der Waals surface area contributed by atoms with E-state index in [-0.39, 0.29) is 30.6 Å². The summed E-state index contributed by atoms with van der Waals surface area (Å²) in [5.74, 6) is -0.937. The SMILES string of the molecule is CSc1ccc(C(CC(=O)O)NC(=O)CCCNC(=O)C2CC2)cc1. The smallest absolute Gasteiger partial charge is 0.305 e. The Labute approximate surface area is 151 Å². The van der Waals surface area contributed by atoms with Crippen LogP contribution in [-0.4, -0.2) is 35.7 Å². The topological polar surface area (TPSA) is 95.5 Å². The number of benzene rings is 1. The quantitative estimate of drug-likeness (QED) is 0.437. The maximum atomic E-state index is 12.1. The molecule has 6 nitrogen and oxygen atoms in total. The number of hydrogen-bond acceptors (Lipinski definition) is 4. The zero-order valence-corrected chi connectivity index (χ0v) is 15.1. The van der Waals surface area contributed by atoms with E-state index < -0.39 is 12.0 Å². The van der Waals surface area contributed by atoms with E-state index in [9.17, 15) is 14.4 Å². The summed E-state index contributed by atoms with van der Waals surface area (Å²) in [6, 6.07) is 6.95. The summed E-state index contributed by atoms with van der Waals surface area (Å²) in [4.78, 5) is 35.8. The molecule has 1 unspecified atom stereocenters. The molecule has 0 bridgehead atoms. The lowest BCUT2D eigenvalue weighted by Crippen LogP contribution is -2.31. The summed E-state index contributed by atoms with van der Waals surface area (Å²) in [5, 5.41) is 14.7. The minimum absolute atomic E-state index is 0.0676. The van der Waals surface area contributed by atoms with Crippen LogP contribution >= 0.6 is 11.8 Å². The Morgan fingerprint density at radius 2 is 1.92 bits per heavy atom. The van der Waals surface area contributed by atoms with Gasteiger partial charge in [0.05, 0.1) is 12.5 Å². The number of carboxylic acids is 1. The average Bonchev–Trinajstić information content (AvgIpc) is 3.43. The minimum Gasteiger partial charge on any atom is -0.481 e. The third-order valence-electron chi connectivity index (χ3n) is 4.06. The van der Waals surface area contributed by atoms with Gasteiger partial charge in [-0.25, -0.2) is 0 Å². The van der Waals surface area contributed by atoms with Gasteiger partial charge >= 0.3 is 5.97 Å². The summed E-state index contributed by atoms with van der Waals surface area (Å²) in [6.07, 6.45) is 4.51. The first-order valence-corrected chi connectivity index (χ1v) is 9.65. The van der Waals surface area contributed by atoms with E-state index in [2.05, 4.69) is 10.6 Å². The first-order valence-electron chi connectivity index (χ1n) is 8.42. The highest BCUT2D eigenvalue weighted by atomic mass is 32.2. The molecule has 1 saturated carbocycles. The van der Waals surface area contributed by atoms with Crippen molar-refractivity contribution in [3.05, 3.63) is 29.8 Å². The fourth-order valence-electron chi connectivity index (χ4n) is 2.48. The Kier molecular flexibility index (Phi) is 7.31. The van der Waals surface area contributed by atoms with Crippen molar-refractivity contribution in [2.45, 2.75) is 43.0 Å². The van der Waals surface area contributed by atoms with E-state index in [0.717, 1.165) is 23.3 Å². The number of rotatable bonds is 10. The van der Waals surface area contributed by atoms with E-state index in [4.69, 9.17) is 5.11 Å². The van der Waals surface area contributed by atoms with Gasteiger partial charge in [-0.15, -0.1) is 11.8 Å². The summed E-state index contributed by atoms with van der Waals surface area (Å²) in [7, 11) is 0. The van der Waals surface area contributed by atoms with E-state index in [0.29, 0.717) is 13.0 Å². The molecule has 1 aliphatic carbocycles. The third kappa shape index (κ3) is 6.78. The lowest BCUT2D eigenvalue weighted by Gasteiger charge is -2.18. The number of hydrogen-bond donors (Lipinski definition) is 3. The van der Waals surface area contributed by atoms with Crippen LogP contribution in [0, 0.1) is 5.92 Å². The summed E-state index contributed by atoms with van der Waals surface area (Å²) >= 11 is 1.60. The summed E-state index contributed by atoms with van der Waals surface area (Å²) < 4.78 is 0. The van der Waals surface area contributed by atoms with Crippen LogP contribution in [0.1, 0.15) is 43.7 Å². The van der Waals surface area contributed by atoms with Crippen LogP contribution in [0.5, 0.6) is 0 Å². The van der Waals surface area contributed by atoms with Crippen molar-refractivity contribution >= 4 is 29.5 Å². The number of carbonyl (C=O) groups excluding carboxylic acids is 2. The van der Waals surface area contributed by atoms with Crippen molar-refractivity contribution in [1.29, 1.82) is 0 Å². The molecular weight excluding hydrogens is 340 g/mol. The molecular formula is C18H24N2O4S. The van der Waals surface area contributed by atoms with Gasteiger partial charge in [-0.2, -0.15) is 0 Å². The van der Waals surface area contributed by atoms with Gasteiger partial charge in [-0.3, -0.25) is 14.4 Å². The second kappa shape index (κ2) is 9.46. The number of nitrogens with one attached hydrogen (secondary N) is 2. The monoisotopic (exact) mass is 364 g/mol. The van der Waals surface area contributed by atoms with Gasteiger partial charge in [0.2, 0.25) is 11.8 Å². The van der Waals surface area contributed by atoms with Gasteiger partial charge in [0.1, 0.15) is 0 Å². The largest absolute Gasteiger partial charge is 0.481 e. The van der Waals surface area contributed by atoms with Crippen molar-refractivity contribution in [2.75, 3.05) is 12.8 Å². The average molecular weight is 364 g/mol. The molecule has 1 aromatic rings. The fraction of sp³-hybridized carbons (Fsp3) is 0.500. The van der Waals surface area contributed by atoms with Crippen molar-refractivity contribution in [3.8, 4) is 0 Å². The van der Waals surface area contributed by atoms with E-state index in [1.54, 1.807) is 11.8 Å². The van der Waals surface area contributed by atoms with E-state index in [1.807, 2.05) is 30.5 Å². The first kappa shape index (κ1) is 19.3. The molecule has 0 spiro atoms. The Balaban J connectivity index is 1.81. The van der Waals surface area contributed by atoms with Crippen molar-refractivity contribution in [2.24, 2.45) is 5.92 Å². The number of aliphatic carboxylic acids is 1. The zero-order chi connectivity index (χ0) is 18.2. The molecule has 0 radical (unpaired) electrons. The van der Waals surface area contributed by atoms with Gasteiger partial charge in [-0.05, 0) is 43.2 Å². The molecule has 1 fully saturated rings. The standard InChI is InChI=1S/C18H24N2O4S/c1-25-14-8-6-12(7-9-14)15(11-17(22)23)20-16(21)3-2-10-19-18(24)13-4-5-13/h6-9,13,15H,2-5,10-11H2,1H3,(H,19,24)(H,20,21)(H,22,23). The van der Waals surface area contributed by atoms with Crippen LogP contribution in [0.2, 0.25) is 0 Å². The Hall–Kier alpha value is -2.02. The molecule has 136 valence electrons. The van der Waals surface area contributed by atoms with Gasteiger partial charge in [-0.1, -0.05) is 12.1 Å². The third-order valence-corrected chi connectivity index (χ3v) is 4.80. The van der Waals surface area contributed by atoms with Crippen LogP contribution in [0.4, 0.5) is 0 Å². The highest BCUT2D eigenvalue weighted by Gasteiger charge is 2.29. The van der Waals surface area contributed by atoms with E-state index in [1.165, 1.54) is 0 Å². The molecule has 3 N–H and O–H groups in total. The van der Waals surface area contributed by atoms with Crippen molar-refractivity contribution in [3.63, 3.8) is 0 Å². The highest BCUT2D eigenvalue weighted by molar-refractivity contribution is 7.98. The van der Waals surface area contributed by atoms with Crippen LogP contribution in [0.15, 0.2) is 29.2 Å². The molecule has 1 atom stereocenters. The number of carbonyl (C=O) groups is 3. The van der Waals surface area contributed by atoms with Gasteiger partial charge in [0.25, 0.3) is 0 Å². The molecule has 0 aliphatic heterocycles. The maximum Gasteiger partial charge on any atom is 0.305 e. The van der Waals surface area contributed by atoms with Crippen LogP contribution in [-0.2, 0) is 14.4 Å². The number of amides is 2. The van der Waals surface area contributed by atoms with Gasteiger partial charge in [0, 0.05) is 23.8 Å². The molecule has 1 aliphatic rings. The fourth-order valence-corrected chi connectivity index (χ4v) is 2.89. The van der Waals surface area contributed by atoms with Crippen LogP contribution in [0.3, 0.4) is 0 Å². The molecule has 0 heterocycles. The second-order valence-electron chi connectivity index (χ2n) is 6.16. The highest BCUT2D eigenvalue weighted by Crippen LogP contribution is 2.28. The molecule has 0 saturated heterocycles. The lowest BCUT2D eigenvalue weighted by atomic mass is 10.0. The Bertz CT molecular complexity index is 614. The van der Waals surface area contributed by atoms with Crippen LogP contribution < -0.4 is 10.6 Å². The predicted molar refractivity (Wildman–Crippen MR) is 96.3 cm³/mol. The normalized spacial score (nSPS) is 14.6. The van der Waals surface area contributed by atoms with Crippen molar-refractivity contribution in [1.82, 2.24) is 10.6 Å². The molecule has 2 rings (SSSR count). The van der Waals surface area contributed by atoms with Gasteiger partial charge in [0.15, 0.2) is 0 Å². The Morgan fingerprint density at radius 1 is 1.24 bits per heavy atom. The second-order valence-corrected chi connectivity index (χ2v) is 7.04. The Morgan fingerprint density at radius 3 is 2.48 bits per heavy atom. The van der Waals surface area contributed by atoms with E-state index >= 15 is 0 Å². The summed E-state index contributed by atoms with van der Waals surface area (Å²) in [5.41, 5.74) is 0.774. The number of carboxylic acid groups (broad SMARTS) is 1. The maximum absolute atomic E-state index is 12.1. The molecule has 2 amide bonds. The van der Waals surface area contributed by atoms with Crippen molar-refractivity contribution < 1.29 is 19.5 Å². The lowest BCUT2D eigenvalue weighted by molar-refractivity contribution is -0.137. The molecule has 0 aromatic heterocycles. The molecule has 1 aromatic carbocycles. The molecule has 7 heteroatoms. The minimum atomic E-state index is -0.962. The molecule has 25 heavy (non-hydrogen) atoms. The van der Waals surface area contributed by atoms with Crippen LogP contribution in [0.25, 0.3) is 0 Å². The first-order chi connectivity index (χ1) is 12.0. The summed E-state index contributed by atoms with van der Waals surface area (Å²) in [6.45, 7) is 0.467. The number of thioether (sulfide) groups is 1. The van der Waals surface area contributed by atoms with Gasteiger partial charge < -0.3 is 15.7 Å². The predicted octanol–water partition coefficient (Wildman–Crippen LogP) is 2.35. The zero-order valence-electron chi connectivity index (χ0n) is 14.3.